The Morgan fingerprint density at radius 3 is 1.87 bits per heavy atom. The van der Waals surface area contributed by atoms with Gasteiger partial charge in [0.25, 0.3) is 11.1 Å². The minimum atomic E-state index is -0.484. The highest BCUT2D eigenvalue weighted by atomic mass is 35.5. The summed E-state index contributed by atoms with van der Waals surface area (Å²) in [4.78, 5) is 33.4. The number of benzene rings is 2. The molecule has 4 unspecified atom stereocenters. The summed E-state index contributed by atoms with van der Waals surface area (Å²) in [6.07, 6.45) is 5.89. The summed E-state index contributed by atoms with van der Waals surface area (Å²) in [6.45, 7) is 3.69. The molecular formula is C38H31Cl3N4O2. The fraction of sp³-hybridized carbons (Fsp3) is 0.263. The molecule has 4 fully saturated rings. The van der Waals surface area contributed by atoms with Gasteiger partial charge in [0.05, 0.1) is 5.41 Å². The number of amides is 1. The Hall–Kier alpha value is -4.17. The van der Waals surface area contributed by atoms with Crippen LogP contribution in [0.4, 0.5) is 0 Å². The van der Waals surface area contributed by atoms with E-state index in [2.05, 4.69) is 39.0 Å². The molecule has 2 saturated carbocycles. The minimum Gasteiger partial charge on any atom is -0.337 e. The summed E-state index contributed by atoms with van der Waals surface area (Å²) in [5.74, 6) is 14.4. The Balaban J connectivity index is 0.000000137. The van der Waals surface area contributed by atoms with Crippen molar-refractivity contribution in [2.75, 3.05) is 26.2 Å². The van der Waals surface area contributed by atoms with Crippen molar-refractivity contribution in [3.05, 3.63) is 130 Å². The predicted octanol–water partition coefficient (Wildman–Crippen LogP) is 7.01. The molecule has 2 aromatic heterocycles. The predicted molar refractivity (Wildman–Crippen MR) is 185 cm³/mol. The van der Waals surface area contributed by atoms with Crippen molar-refractivity contribution >= 4 is 46.0 Å². The molecule has 1 amide bonds. The van der Waals surface area contributed by atoms with Crippen molar-refractivity contribution in [3.8, 4) is 23.7 Å². The van der Waals surface area contributed by atoms with Gasteiger partial charge >= 0.3 is 0 Å². The van der Waals surface area contributed by atoms with Crippen molar-refractivity contribution < 1.29 is 9.59 Å². The number of halogens is 3. The number of hydrogen-bond acceptors (Lipinski definition) is 5. The summed E-state index contributed by atoms with van der Waals surface area (Å²) in [5.41, 5.74) is 3.01. The van der Waals surface area contributed by atoms with Gasteiger partial charge in [-0.15, -0.1) is 0 Å². The largest absolute Gasteiger partial charge is 0.337 e. The third-order valence-electron chi connectivity index (χ3n) is 8.83. The lowest BCUT2D eigenvalue weighted by atomic mass is 10.1. The van der Waals surface area contributed by atoms with E-state index in [0.29, 0.717) is 39.0 Å². The lowest BCUT2D eigenvalue weighted by molar-refractivity contribution is 0.0770. The number of pyridine rings is 2. The van der Waals surface area contributed by atoms with Gasteiger partial charge < -0.3 is 10.2 Å². The average molecular weight is 682 g/mol. The van der Waals surface area contributed by atoms with Gasteiger partial charge in [-0.2, -0.15) is 0 Å². The third-order valence-corrected chi connectivity index (χ3v) is 9.52. The molecule has 6 nitrogen and oxygen atoms in total. The van der Waals surface area contributed by atoms with Crippen LogP contribution in [0.3, 0.4) is 0 Å². The van der Waals surface area contributed by atoms with Crippen LogP contribution >= 0.6 is 34.8 Å². The molecular weight excluding hydrogens is 651 g/mol. The van der Waals surface area contributed by atoms with Gasteiger partial charge in [0.2, 0.25) is 0 Å². The van der Waals surface area contributed by atoms with Crippen LogP contribution in [-0.2, 0) is 0 Å². The Morgan fingerprint density at radius 1 is 0.766 bits per heavy atom. The number of nitrogens with one attached hydrogen (secondary N) is 1. The van der Waals surface area contributed by atoms with E-state index in [0.717, 1.165) is 43.4 Å². The van der Waals surface area contributed by atoms with Crippen LogP contribution < -0.4 is 5.32 Å². The van der Waals surface area contributed by atoms with Crippen molar-refractivity contribution in [3.63, 3.8) is 0 Å². The van der Waals surface area contributed by atoms with Crippen molar-refractivity contribution in [1.82, 2.24) is 20.2 Å². The average Bonchev–Trinajstić information content (AvgIpc) is 3.87. The van der Waals surface area contributed by atoms with Crippen molar-refractivity contribution in [2.45, 2.75) is 12.8 Å². The van der Waals surface area contributed by atoms with E-state index in [4.69, 9.17) is 34.8 Å². The van der Waals surface area contributed by atoms with E-state index < -0.39 is 5.24 Å². The molecule has 1 N–H and O–H groups in total. The van der Waals surface area contributed by atoms with Gasteiger partial charge in [0.15, 0.2) is 0 Å². The normalized spacial score (nSPS) is 23.9. The number of aromatic nitrogens is 2. The molecule has 2 aromatic carbocycles. The molecule has 2 aliphatic carbocycles. The molecule has 0 bridgehead atoms. The highest BCUT2D eigenvalue weighted by Crippen LogP contribution is 2.57. The zero-order valence-electron chi connectivity index (χ0n) is 25.4. The summed E-state index contributed by atoms with van der Waals surface area (Å²) in [7, 11) is 0. The van der Waals surface area contributed by atoms with Crippen LogP contribution in [0.25, 0.3) is 0 Å². The van der Waals surface area contributed by atoms with E-state index in [1.165, 1.54) is 12.5 Å². The second-order valence-electron chi connectivity index (χ2n) is 12.2. The summed E-state index contributed by atoms with van der Waals surface area (Å²) in [6, 6.07) is 25.2. The molecule has 4 aromatic rings. The number of likely N-dealkylation sites (tertiary alicyclic amines) is 1. The number of hydrogen-bond donors (Lipinski definition) is 1. The summed E-state index contributed by atoms with van der Waals surface area (Å²) >= 11 is 16.7. The zero-order chi connectivity index (χ0) is 32.9. The third kappa shape index (κ3) is 8.22. The molecule has 47 heavy (non-hydrogen) atoms. The van der Waals surface area contributed by atoms with Crippen LogP contribution in [0.15, 0.2) is 97.3 Å². The SMILES string of the molecule is C(#CC12CNCC1C2)c1ccccn1.O=C(Cl)c1cccc(Cl)c1.O=C(c1cccc(Cl)c1)N1CC2CC2(C#Cc2ccccn2)C1. The first-order valence-corrected chi connectivity index (χ1v) is 16.5. The van der Waals surface area contributed by atoms with Gasteiger partial charge in [-0.1, -0.05) is 59.3 Å². The minimum absolute atomic E-state index is 0.0360. The molecule has 4 aliphatic rings. The highest BCUT2D eigenvalue weighted by Gasteiger charge is 2.60. The second-order valence-corrected chi connectivity index (χ2v) is 13.4. The Bertz CT molecular complexity index is 1900. The zero-order valence-corrected chi connectivity index (χ0v) is 27.7. The topological polar surface area (TPSA) is 75.2 Å². The van der Waals surface area contributed by atoms with Gasteiger partial charge in [0, 0.05) is 58.6 Å². The standard InChI is InChI=1S/C19H15ClN2O.C12H12N2.C7H4Cl2O/c20-16-5-3-4-14(10-16)18(23)22-12-15-11-19(15,13-22)8-7-17-6-1-2-9-21-17;1-2-6-14-11(3-1)4-5-12-7-10(12)8-13-9-12;8-6-3-1-2-5(4-6)7(9)10/h1-6,9-10,15H,11-13H2;1-3,6,10,13H,7-9H2;1-4H. The Kier molecular flexibility index (Phi) is 9.97. The lowest BCUT2D eigenvalue weighted by Gasteiger charge is -2.19. The van der Waals surface area contributed by atoms with E-state index in [-0.39, 0.29) is 11.3 Å². The number of rotatable bonds is 2. The van der Waals surface area contributed by atoms with Gasteiger partial charge in [0.1, 0.15) is 11.4 Å². The maximum absolute atomic E-state index is 12.6. The maximum Gasteiger partial charge on any atom is 0.253 e. The first kappa shape index (κ1) is 32.8. The van der Waals surface area contributed by atoms with E-state index in [1.54, 1.807) is 42.7 Å². The fourth-order valence-electron chi connectivity index (χ4n) is 6.03. The van der Waals surface area contributed by atoms with Crippen LogP contribution in [0.1, 0.15) is 44.9 Å². The van der Waals surface area contributed by atoms with Gasteiger partial charge in [-0.3, -0.25) is 9.59 Å². The summed E-state index contributed by atoms with van der Waals surface area (Å²) in [5, 5.41) is 4.00. The number of piperidine rings is 2. The number of fused-ring (bicyclic) bond motifs is 2. The molecule has 4 heterocycles. The maximum atomic E-state index is 12.6. The molecule has 9 heteroatoms. The molecule has 236 valence electrons. The van der Waals surface area contributed by atoms with Crippen molar-refractivity contribution in [1.29, 1.82) is 0 Å². The van der Waals surface area contributed by atoms with Crippen LogP contribution in [0, 0.1) is 46.3 Å². The second kappa shape index (κ2) is 14.3. The molecule has 4 atom stereocenters. The van der Waals surface area contributed by atoms with Crippen LogP contribution in [0.2, 0.25) is 10.0 Å². The van der Waals surface area contributed by atoms with E-state index in [9.17, 15) is 9.59 Å². The van der Waals surface area contributed by atoms with Gasteiger partial charge in [-0.25, -0.2) is 9.97 Å². The van der Waals surface area contributed by atoms with Gasteiger partial charge in [-0.05, 0) is 115 Å². The quantitative estimate of drug-likeness (QED) is 0.182. The highest BCUT2D eigenvalue weighted by molar-refractivity contribution is 6.67. The fourth-order valence-corrected chi connectivity index (χ4v) is 6.53. The number of carbonyl (C=O) groups excluding carboxylic acids is 2. The Morgan fingerprint density at radius 2 is 1.36 bits per heavy atom. The Labute approximate surface area is 289 Å². The molecule has 2 aliphatic heterocycles. The van der Waals surface area contributed by atoms with E-state index in [1.807, 2.05) is 53.4 Å². The first-order valence-electron chi connectivity index (χ1n) is 15.3. The molecule has 2 saturated heterocycles. The monoisotopic (exact) mass is 680 g/mol. The smallest absolute Gasteiger partial charge is 0.253 e. The number of carbonyl (C=O) groups is 2. The first-order chi connectivity index (χ1) is 22.8. The van der Waals surface area contributed by atoms with E-state index >= 15 is 0 Å². The molecule has 8 rings (SSSR count). The van der Waals surface area contributed by atoms with Crippen LogP contribution in [0.5, 0.6) is 0 Å². The lowest BCUT2D eigenvalue weighted by Crippen LogP contribution is -2.31. The summed E-state index contributed by atoms with van der Waals surface area (Å²) < 4.78 is 0. The van der Waals surface area contributed by atoms with Crippen LogP contribution in [-0.4, -0.2) is 52.2 Å². The number of nitrogens with zero attached hydrogens (tertiary/aromatic N) is 3. The molecule has 0 spiro atoms. The molecule has 0 radical (unpaired) electrons. The van der Waals surface area contributed by atoms with Crippen molar-refractivity contribution in [2.24, 2.45) is 22.7 Å².